The van der Waals surface area contributed by atoms with E-state index in [2.05, 4.69) is 169 Å². The molecule has 4 heteroatoms. The van der Waals surface area contributed by atoms with Crippen molar-refractivity contribution in [2.75, 3.05) is 4.90 Å². The van der Waals surface area contributed by atoms with Crippen molar-refractivity contribution in [3.05, 3.63) is 176 Å². The van der Waals surface area contributed by atoms with Crippen LogP contribution in [-0.4, -0.2) is 0 Å². The van der Waals surface area contributed by atoms with Gasteiger partial charge in [0.1, 0.15) is 16.7 Å². The van der Waals surface area contributed by atoms with E-state index in [1.165, 1.54) is 42.4 Å². The number of thiophene rings is 1. The minimum Gasteiger partial charge on any atom is -0.456 e. The molecule has 0 saturated heterocycles. The van der Waals surface area contributed by atoms with Crippen LogP contribution in [0, 0.1) is 0 Å². The molecule has 0 radical (unpaired) electrons. The lowest BCUT2D eigenvalue weighted by Crippen LogP contribution is -2.10. The van der Waals surface area contributed by atoms with E-state index in [-0.39, 0.29) is 0 Å². The van der Waals surface area contributed by atoms with Crippen LogP contribution in [0.1, 0.15) is 0 Å². The topological polar surface area (TPSA) is 29.5 Å². The second kappa shape index (κ2) is 11.5. The molecule has 52 heavy (non-hydrogen) atoms. The molecule has 0 atom stereocenters. The zero-order chi connectivity index (χ0) is 34.2. The molecule has 0 unspecified atom stereocenters. The number of nitrogens with zero attached hydrogens (tertiary/aromatic N) is 1. The van der Waals surface area contributed by atoms with Crippen molar-refractivity contribution in [2.24, 2.45) is 0 Å². The smallest absolute Gasteiger partial charge is 0.159 e. The Morgan fingerprint density at radius 1 is 0.385 bits per heavy atom. The second-order valence-electron chi connectivity index (χ2n) is 13.2. The summed E-state index contributed by atoms with van der Waals surface area (Å²) in [5.74, 6) is 0. The van der Waals surface area contributed by atoms with Crippen molar-refractivity contribution in [1.29, 1.82) is 0 Å². The third-order valence-corrected chi connectivity index (χ3v) is 11.5. The predicted octanol–water partition coefficient (Wildman–Crippen LogP) is 14.7. The molecule has 8 aromatic carbocycles. The van der Waals surface area contributed by atoms with Crippen molar-refractivity contribution < 1.29 is 8.83 Å². The Balaban J connectivity index is 1.10. The van der Waals surface area contributed by atoms with E-state index in [9.17, 15) is 0 Å². The van der Waals surface area contributed by atoms with Gasteiger partial charge in [-0.1, -0.05) is 121 Å². The van der Waals surface area contributed by atoms with E-state index in [1.54, 1.807) is 0 Å². The Hall–Kier alpha value is -6.62. The monoisotopic (exact) mass is 683 g/mol. The number of anilines is 3. The van der Waals surface area contributed by atoms with E-state index in [4.69, 9.17) is 8.83 Å². The van der Waals surface area contributed by atoms with Crippen molar-refractivity contribution in [3.8, 4) is 22.3 Å². The molecule has 3 nitrogen and oxygen atoms in total. The molecule has 11 rings (SSSR count). The quantitative estimate of drug-likeness (QED) is 0.181. The minimum absolute atomic E-state index is 0.826. The van der Waals surface area contributed by atoms with Gasteiger partial charge in [0.25, 0.3) is 0 Å². The van der Waals surface area contributed by atoms with Gasteiger partial charge in [-0.2, -0.15) is 0 Å². The highest BCUT2D eigenvalue weighted by Gasteiger charge is 2.22. The summed E-state index contributed by atoms with van der Waals surface area (Å²) >= 11 is 1.86. The summed E-state index contributed by atoms with van der Waals surface area (Å²) in [4.78, 5) is 2.31. The molecule has 0 aliphatic heterocycles. The molecule has 0 aliphatic carbocycles. The van der Waals surface area contributed by atoms with Gasteiger partial charge in [0.05, 0.1) is 11.1 Å². The fourth-order valence-corrected chi connectivity index (χ4v) is 9.09. The molecule has 0 saturated carbocycles. The van der Waals surface area contributed by atoms with Gasteiger partial charge in [-0.3, -0.25) is 0 Å². The number of para-hydroxylation sites is 2. The molecular formula is C48H29NO2S. The standard InChI is InChI=1S/C48H29NO2S/c1-2-10-30(11-3-1)31-20-24-33(25-21-31)49(34-26-22-32(23-27-34)35-14-8-16-39-36-12-5-7-19-44(36)52-48(35)39)41-17-9-15-37-38-28-29-43-45(47(38)51-46(37)41)40-13-4-6-18-42(40)50-43/h1-29H. The lowest BCUT2D eigenvalue weighted by Gasteiger charge is -2.26. The average molecular weight is 684 g/mol. The van der Waals surface area contributed by atoms with Crippen LogP contribution in [0.5, 0.6) is 0 Å². The van der Waals surface area contributed by atoms with Crippen molar-refractivity contribution in [1.82, 2.24) is 0 Å². The van der Waals surface area contributed by atoms with Gasteiger partial charge in [0, 0.05) is 47.7 Å². The first-order chi connectivity index (χ1) is 25.8. The van der Waals surface area contributed by atoms with Crippen LogP contribution < -0.4 is 4.90 Å². The van der Waals surface area contributed by atoms with E-state index in [0.29, 0.717) is 0 Å². The second-order valence-corrected chi connectivity index (χ2v) is 14.3. The summed E-state index contributed by atoms with van der Waals surface area (Å²) < 4.78 is 15.8. The van der Waals surface area contributed by atoms with Crippen LogP contribution in [0.3, 0.4) is 0 Å². The van der Waals surface area contributed by atoms with Crippen molar-refractivity contribution in [3.63, 3.8) is 0 Å². The van der Waals surface area contributed by atoms with Gasteiger partial charge in [0.2, 0.25) is 0 Å². The number of fused-ring (bicyclic) bond motifs is 10. The SMILES string of the molecule is c1ccc(-c2ccc(N(c3ccc(-c4cccc5c4sc4ccccc45)cc3)c3cccc4c3oc3c4ccc4oc5ccccc5c43)cc2)cc1. The Morgan fingerprint density at radius 2 is 1.02 bits per heavy atom. The third-order valence-electron chi connectivity index (χ3n) is 10.3. The van der Waals surface area contributed by atoms with Gasteiger partial charge in [-0.05, 0) is 76.9 Å². The molecule has 0 aliphatic rings. The Labute approximate surface area is 303 Å². The van der Waals surface area contributed by atoms with Crippen molar-refractivity contribution >= 4 is 92.4 Å². The molecule has 11 aromatic rings. The lowest BCUT2D eigenvalue weighted by molar-refractivity contribution is 0.663. The van der Waals surface area contributed by atoms with Gasteiger partial charge in [0.15, 0.2) is 5.58 Å². The zero-order valence-corrected chi connectivity index (χ0v) is 28.7. The van der Waals surface area contributed by atoms with E-state index < -0.39 is 0 Å². The van der Waals surface area contributed by atoms with E-state index >= 15 is 0 Å². The summed E-state index contributed by atoms with van der Waals surface area (Å²) in [6, 6.07) is 62.4. The highest BCUT2D eigenvalue weighted by molar-refractivity contribution is 7.26. The minimum atomic E-state index is 0.826. The molecule has 0 amide bonds. The fraction of sp³-hybridized carbons (Fsp3) is 0. The number of hydrogen-bond acceptors (Lipinski definition) is 4. The maximum absolute atomic E-state index is 6.95. The molecule has 3 aromatic heterocycles. The Morgan fingerprint density at radius 3 is 1.85 bits per heavy atom. The van der Waals surface area contributed by atoms with Crippen LogP contribution in [-0.2, 0) is 0 Å². The first kappa shape index (κ1) is 29.1. The highest BCUT2D eigenvalue weighted by atomic mass is 32.1. The maximum Gasteiger partial charge on any atom is 0.159 e. The fourth-order valence-electron chi connectivity index (χ4n) is 7.85. The summed E-state index contributed by atoms with van der Waals surface area (Å²) in [6.07, 6.45) is 0. The lowest BCUT2D eigenvalue weighted by atomic mass is 10.0. The van der Waals surface area contributed by atoms with Crippen LogP contribution >= 0.6 is 11.3 Å². The summed E-state index contributed by atoms with van der Waals surface area (Å²) in [5.41, 5.74) is 11.2. The molecule has 0 fully saturated rings. The van der Waals surface area contributed by atoms with Crippen LogP contribution in [0.25, 0.3) is 86.3 Å². The third kappa shape index (κ3) is 4.45. The Kier molecular flexibility index (Phi) is 6.42. The van der Waals surface area contributed by atoms with Crippen LogP contribution in [0.2, 0.25) is 0 Å². The summed E-state index contributed by atoms with van der Waals surface area (Å²) in [6.45, 7) is 0. The number of furan rings is 2. The molecule has 0 bridgehead atoms. The number of benzene rings is 8. The molecule has 0 spiro atoms. The van der Waals surface area contributed by atoms with Gasteiger partial charge < -0.3 is 13.7 Å². The highest BCUT2D eigenvalue weighted by Crippen LogP contribution is 2.46. The van der Waals surface area contributed by atoms with Gasteiger partial charge >= 0.3 is 0 Å². The number of rotatable bonds is 5. The van der Waals surface area contributed by atoms with Crippen LogP contribution in [0.4, 0.5) is 17.1 Å². The van der Waals surface area contributed by atoms with Crippen molar-refractivity contribution in [2.45, 2.75) is 0 Å². The van der Waals surface area contributed by atoms with Crippen LogP contribution in [0.15, 0.2) is 185 Å². The molecular weight excluding hydrogens is 655 g/mol. The van der Waals surface area contributed by atoms with Gasteiger partial charge in [-0.15, -0.1) is 11.3 Å². The summed E-state index contributed by atoms with van der Waals surface area (Å²) in [7, 11) is 0. The first-order valence-corrected chi connectivity index (χ1v) is 18.3. The molecule has 244 valence electrons. The number of hydrogen-bond donors (Lipinski definition) is 0. The Bertz CT molecular complexity index is 3110. The largest absolute Gasteiger partial charge is 0.456 e. The molecule has 0 N–H and O–H groups in total. The normalized spacial score (nSPS) is 11.8. The van der Waals surface area contributed by atoms with Gasteiger partial charge in [-0.25, -0.2) is 0 Å². The zero-order valence-electron chi connectivity index (χ0n) is 27.9. The van der Waals surface area contributed by atoms with E-state index in [1.807, 2.05) is 23.5 Å². The maximum atomic E-state index is 6.95. The first-order valence-electron chi connectivity index (χ1n) is 17.5. The average Bonchev–Trinajstić information content (AvgIpc) is 3.90. The van der Waals surface area contributed by atoms with E-state index in [0.717, 1.165) is 60.9 Å². The predicted molar refractivity (Wildman–Crippen MR) is 219 cm³/mol. The molecule has 3 heterocycles. The summed E-state index contributed by atoms with van der Waals surface area (Å²) in [5, 5.41) is 6.82.